The van der Waals surface area contributed by atoms with Crippen LogP contribution in [0.25, 0.3) is 0 Å². The lowest BCUT2D eigenvalue weighted by atomic mass is 10.1. The van der Waals surface area contributed by atoms with E-state index in [4.69, 9.17) is 16.3 Å². The van der Waals surface area contributed by atoms with Crippen LogP contribution in [0.3, 0.4) is 0 Å². The second-order valence-corrected chi connectivity index (χ2v) is 7.32. The second-order valence-electron chi connectivity index (χ2n) is 5.97. The van der Waals surface area contributed by atoms with Gasteiger partial charge in [-0.2, -0.15) is 5.10 Å². The molecule has 2 aromatic carbocycles. The topological polar surface area (TPSA) is 56.2 Å². The largest absolute Gasteiger partial charge is 0.489 e. The molecule has 0 unspecified atom stereocenters. The number of benzene rings is 2. The van der Waals surface area contributed by atoms with Gasteiger partial charge in [0.1, 0.15) is 12.4 Å². The third-order valence-electron chi connectivity index (χ3n) is 3.89. The molecule has 0 aliphatic rings. The summed E-state index contributed by atoms with van der Waals surface area (Å²) in [6.07, 6.45) is 4.47. The summed E-state index contributed by atoms with van der Waals surface area (Å²) in [6, 6.07) is 14.6. The van der Waals surface area contributed by atoms with Crippen molar-refractivity contribution in [2.45, 2.75) is 19.6 Å². The van der Waals surface area contributed by atoms with Gasteiger partial charge in [-0.15, -0.1) is 0 Å². The standard InChI is InChI=1S/C20H19BrClN3O2/c21-17-12-24-25(13-17)11-1-10-23-20(26)16-4-2-15(3-5-16)14-27-19-8-6-18(22)7-9-19/h2-9,12-13H,1,10-11,14H2,(H,23,26). The van der Waals surface area contributed by atoms with E-state index in [1.165, 1.54) is 0 Å². The van der Waals surface area contributed by atoms with Crippen molar-refractivity contribution in [3.05, 3.63) is 81.5 Å². The van der Waals surface area contributed by atoms with Gasteiger partial charge in [0.25, 0.3) is 5.91 Å². The van der Waals surface area contributed by atoms with Crippen molar-refractivity contribution in [1.82, 2.24) is 15.1 Å². The van der Waals surface area contributed by atoms with Gasteiger partial charge in [-0.25, -0.2) is 0 Å². The zero-order valence-corrected chi connectivity index (χ0v) is 16.9. The minimum atomic E-state index is -0.0817. The maximum atomic E-state index is 12.2. The molecule has 3 rings (SSSR count). The van der Waals surface area contributed by atoms with Crippen LogP contribution in [-0.4, -0.2) is 22.2 Å². The Bertz CT molecular complexity index is 879. The Hall–Kier alpha value is -2.31. The average molecular weight is 449 g/mol. The highest BCUT2D eigenvalue weighted by Gasteiger charge is 2.05. The number of aryl methyl sites for hydroxylation is 1. The quantitative estimate of drug-likeness (QED) is 0.508. The molecule has 1 amide bonds. The number of carbonyl (C=O) groups excluding carboxylic acids is 1. The Balaban J connectivity index is 1.42. The van der Waals surface area contributed by atoms with Crippen LogP contribution in [0.15, 0.2) is 65.4 Å². The summed E-state index contributed by atoms with van der Waals surface area (Å²) < 4.78 is 8.49. The smallest absolute Gasteiger partial charge is 0.251 e. The molecule has 5 nitrogen and oxygen atoms in total. The number of aromatic nitrogens is 2. The monoisotopic (exact) mass is 447 g/mol. The Morgan fingerprint density at radius 1 is 1.15 bits per heavy atom. The van der Waals surface area contributed by atoms with Crippen LogP contribution in [0.4, 0.5) is 0 Å². The molecule has 0 saturated carbocycles. The van der Waals surface area contributed by atoms with E-state index in [-0.39, 0.29) is 5.91 Å². The molecule has 7 heteroatoms. The number of ether oxygens (including phenoxy) is 1. The van der Waals surface area contributed by atoms with Gasteiger partial charge in [0.05, 0.1) is 10.7 Å². The molecule has 1 heterocycles. The van der Waals surface area contributed by atoms with Gasteiger partial charge >= 0.3 is 0 Å². The van der Waals surface area contributed by atoms with Gasteiger partial charge in [-0.05, 0) is 64.3 Å². The highest BCUT2D eigenvalue weighted by molar-refractivity contribution is 9.10. The van der Waals surface area contributed by atoms with Crippen LogP contribution in [-0.2, 0) is 13.2 Å². The van der Waals surface area contributed by atoms with Crippen LogP contribution in [0, 0.1) is 0 Å². The van der Waals surface area contributed by atoms with E-state index >= 15 is 0 Å². The number of hydrogen-bond donors (Lipinski definition) is 1. The maximum absolute atomic E-state index is 12.2. The molecule has 3 aromatic rings. The summed E-state index contributed by atoms with van der Waals surface area (Å²) in [6.45, 7) is 1.79. The summed E-state index contributed by atoms with van der Waals surface area (Å²) in [7, 11) is 0. The van der Waals surface area contributed by atoms with Gasteiger partial charge in [0.2, 0.25) is 0 Å². The van der Waals surface area contributed by atoms with Crippen molar-refractivity contribution >= 4 is 33.4 Å². The number of rotatable bonds is 8. The first kappa shape index (κ1) is 19.5. The molecule has 0 bridgehead atoms. The van der Waals surface area contributed by atoms with Crippen LogP contribution < -0.4 is 10.1 Å². The van der Waals surface area contributed by atoms with E-state index in [2.05, 4.69) is 26.3 Å². The zero-order chi connectivity index (χ0) is 19.1. The Kier molecular flexibility index (Phi) is 6.90. The third kappa shape index (κ3) is 6.12. The van der Waals surface area contributed by atoms with E-state index in [0.29, 0.717) is 23.7 Å². The number of nitrogens with zero attached hydrogens (tertiary/aromatic N) is 2. The molecular formula is C20H19BrClN3O2. The fraction of sp³-hybridized carbons (Fsp3) is 0.200. The van der Waals surface area contributed by atoms with Crippen molar-refractivity contribution in [2.24, 2.45) is 0 Å². The summed E-state index contributed by atoms with van der Waals surface area (Å²) in [5, 5.41) is 7.78. The van der Waals surface area contributed by atoms with Crippen molar-refractivity contribution in [2.75, 3.05) is 6.54 Å². The first-order chi connectivity index (χ1) is 13.1. The molecule has 27 heavy (non-hydrogen) atoms. The molecule has 0 radical (unpaired) electrons. The summed E-state index contributed by atoms with van der Waals surface area (Å²) in [5.74, 6) is 0.673. The second kappa shape index (κ2) is 9.58. The number of amides is 1. The van der Waals surface area contributed by atoms with E-state index in [1.54, 1.807) is 30.5 Å². The first-order valence-electron chi connectivity index (χ1n) is 8.53. The lowest BCUT2D eigenvalue weighted by Crippen LogP contribution is -2.25. The van der Waals surface area contributed by atoms with Crippen LogP contribution >= 0.6 is 27.5 Å². The van der Waals surface area contributed by atoms with Gasteiger partial charge in [-0.1, -0.05) is 23.7 Å². The molecule has 0 aliphatic carbocycles. The molecule has 0 fully saturated rings. The van der Waals surface area contributed by atoms with Gasteiger partial charge in [0, 0.05) is 29.9 Å². The number of hydrogen-bond acceptors (Lipinski definition) is 3. The molecule has 0 spiro atoms. The number of carbonyl (C=O) groups is 1. The fourth-order valence-electron chi connectivity index (χ4n) is 2.46. The summed E-state index contributed by atoms with van der Waals surface area (Å²) in [5.41, 5.74) is 1.62. The first-order valence-corrected chi connectivity index (χ1v) is 9.71. The van der Waals surface area contributed by atoms with Crippen molar-refractivity contribution in [1.29, 1.82) is 0 Å². The maximum Gasteiger partial charge on any atom is 0.251 e. The lowest BCUT2D eigenvalue weighted by Gasteiger charge is -2.08. The van der Waals surface area contributed by atoms with Crippen molar-refractivity contribution in [3.8, 4) is 5.75 Å². The third-order valence-corrected chi connectivity index (χ3v) is 4.55. The van der Waals surface area contributed by atoms with Crippen molar-refractivity contribution < 1.29 is 9.53 Å². The lowest BCUT2D eigenvalue weighted by molar-refractivity contribution is 0.0952. The summed E-state index contributed by atoms with van der Waals surface area (Å²) >= 11 is 9.21. The molecule has 1 N–H and O–H groups in total. The highest BCUT2D eigenvalue weighted by atomic mass is 79.9. The SMILES string of the molecule is O=C(NCCCn1cc(Br)cn1)c1ccc(COc2ccc(Cl)cc2)cc1. The van der Waals surface area contributed by atoms with Gasteiger partial charge < -0.3 is 10.1 Å². The highest BCUT2D eigenvalue weighted by Crippen LogP contribution is 2.17. The predicted octanol–water partition coefficient (Wildman–Crippen LogP) is 4.70. The average Bonchev–Trinajstić information content (AvgIpc) is 3.10. The molecule has 0 aliphatic heterocycles. The minimum Gasteiger partial charge on any atom is -0.489 e. The Morgan fingerprint density at radius 2 is 1.89 bits per heavy atom. The summed E-state index contributed by atoms with van der Waals surface area (Å²) in [4.78, 5) is 12.2. The Morgan fingerprint density at radius 3 is 2.56 bits per heavy atom. The normalized spacial score (nSPS) is 10.6. The molecule has 1 aromatic heterocycles. The fourth-order valence-corrected chi connectivity index (χ4v) is 2.91. The van der Waals surface area contributed by atoms with E-state index in [9.17, 15) is 4.79 Å². The molecule has 0 saturated heterocycles. The van der Waals surface area contributed by atoms with E-state index in [0.717, 1.165) is 28.8 Å². The van der Waals surface area contributed by atoms with Gasteiger partial charge in [0.15, 0.2) is 0 Å². The molecule has 140 valence electrons. The number of halogens is 2. The van der Waals surface area contributed by atoms with Crippen LogP contribution in [0.5, 0.6) is 5.75 Å². The predicted molar refractivity (Wildman–Crippen MR) is 109 cm³/mol. The molecule has 0 atom stereocenters. The van der Waals surface area contributed by atoms with Gasteiger partial charge in [-0.3, -0.25) is 9.48 Å². The zero-order valence-electron chi connectivity index (χ0n) is 14.6. The minimum absolute atomic E-state index is 0.0817. The Labute approximate surface area is 171 Å². The number of nitrogens with one attached hydrogen (secondary N) is 1. The molecular weight excluding hydrogens is 430 g/mol. The van der Waals surface area contributed by atoms with Crippen molar-refractivity contribution in [3.63, 3.8) is 0 Å². The van der Waals surface area contributed by atoms with E-state index in [1.807, 2.05) is 35.1 Å². The van der Waals surface area contributed by atoms with E-state index < -0.39 is 0 Å². The van der Waals surface area contributed by atoms with Crippen LogP contribution in [0.2, 0.25) is 5.02 Å². The van der Waals surface area contributed by atoms with Crippen LogP contribution in [0.1, 0.15) is 22.3 Å².